The third kappa shape index (κ3) is 3.56. The Morgan fingerprint density at radius 1 is 1.30 bits per heavy atom. The van der Waals surface area contributed by atoms with Gasteiger partial charge in [-0.15, -0.1) is 10.2 Å². The molecule has 1 N–H and O–H groups in total. The summed E-state index contributed by atoms with van der Waals surface area (Å²) >= 11 is 1.36. The molecule has 0 radical (unpaired) electrons. The van der Waals surface area contributed by atoms with Crippen molar-refractivity contribution in [2.24, 2.45) is 7.05 Å². The summed E-state index contributed by atoms with van der Waals surface area (Å²) in [6.45, 7) is 2.92. The average molecular weight is 294 g/mol. The van der Waals surface area contributed by atoms with E-state index < -0.39 is 0 Å². The van der Waals surface area contributed by atoms with Crippen molar-refractivity contribution >= 4 is 23.7 Å². The highest BCUT2D eigenvalue weighted by molar-refractivity contribution is 7.99. The molecule has 0 aliphatic heterocycles. The van der Waals surface area contributed by atoms with E-state index >= 15 is 0 Å². The Kier molecular flexibility index (Phi) is 4.72. The van der Waals surface area contributed by atoms with Gasteiger partial charge in [0.1, 0.15) is 6.33 Å². The van der Waals surface area contributed by atoms with E-state index in [1.807, 2.05) is 30.6 Å². The van der Waals surface area contributed by atoms with Gasteiger partial charge >= 0.3 is 0 Å². The molecule has 9 heteroatoms. The Balaban J connectivity index is 2.26. The first-order chi connectivity index (χ1) is 9.60. The minimum Gasteiger partial charge on any atom is -0.354 e. The van der Waals surface area contributed by atoms with E-state index in [-0.39, 0.29) is 0 Å². The Hall–Kier alpha value is -1.90. The van der Waals surface area contributed by atoms with Crippen molar-refractivity contribution in [3.8, 4) is 0 Å². The van der Waals surface area contributed by atoms with Crippen LogP contribution in [0.4, 0.5) is 11.9 Å². The largest absolute Gasteiger partial charge is 0.354 e. The van der Waals surface area contributed by atoms with Gasteiger partial charge in [0.25, 0.3) is 0 Å². The van der Waals surface area contributed by atoms with Gasteiger partial charge in [-0.1, -0.05) is 6.92 Å². The molecule has 2 heterocycles. The van der Waals surface area contributed by atoms with Crippen molar-refractivity contribution in [3.05, 3.63) is 6.33 Å². The lowest BCUT2D eigenvalue weighted by Gasteiger charge is -2.12. The zero-order valence-electron chi connectivity index (χ0n) is 12.0. The molecule has 0 saturated carbocycles. The Labute approximate surface area is 122 Å². The summed E-state index contributed by atoms with van der Waals surface area (Å²) < 4.78 is 1.82. The van der Waals surface area contributed by atoms with E-state index in [0.717, 1.165) is 18.1 Å². The average Bonchev–Trinajstić information content (AvgIpc) is 2.81. The van der Waals surface area contributed by atoms with Crippen LogP contribution in [0.3, 0.4) is 0 Å². The molecule has 0 saturated heterocycles. The Bertz CT molecular complexity index is 567. The third-order valence-electron chi connectivity index (χ3n) is 2.39. The van der Waals surface area contributed by atoms with Crippen LogP contribution in [0.5, 0.6) is 0 Å². The van der Waals surface area contributed by atoms with E-state index in [0.29, 0.717) is 17.1 Å². The number of hydrogen-bond acceptors (Lipinski definition) is 8. The summed E-state index contributed by atoms with van der Waals surface area (Å²) in [6, 6.07) is 0. The van der Waals surface area contributed by atoms with Crippen LogP contribution in [0, 0.1) is 0 Å². The van der Waals surface area contributed by atoms with Crippen LogP contribution in [0.1, 0.15) is 13.3 Å². The van der Waals surface area contributed by atoms with Crippen LogP contribution in [0.25, 0.3) is 0 Å². The molecule has 0 aliphatic carbocycles. The predicted octanol–water partition coefficient (Wildman–Crippen LogP) is 1.04. The number of anilines is 2. The first-order valence-electron chi connectivity index (χ1n) is 6.29. The molecule has 0 amide bonds. The van der Waals surface area contributed by atoms with Crippen molar-refractivity contribution in [1.82, 2.24) is 29.7 Å². The third-order valence-corrected chi connectivity index (χ3v) is 3.31. The van der Waals surface area contributed by atoms with Crippen molar-refractivity contribution in [1.29, 1.82) is 0 Å². The lowest BCUT2D eigenvalue weighted by molar-refractivity contribution is 0.780. The SMILES string of the molecule is CCCNc1nc(Sc2nncn2C)nc(N(C)C)n1. The quantitative estimate of drug-likeness (QED) is 0.846. The molecule has 0 aromatic carbocycles. The Morgan fingerprint density at radius 2 is 2.10 bits per heavy atom. The fourth-order valence-corrected chi connectivity index (χ4v) is 2.06. The van der Waals surface area contributed by atoms with E-state index in [2.05, 4.69) is 37.4 Å². The Morgan fingerprint density at radius 3 is 2.70 bits per heavy atom. The molecule has 0 bridgehead atoms. The van der Waals surface area contributed by atoms with Crippen molar-refractivity contribution in [2.75, 3.05) is 30.9 Å². The number of hydrogen-bond donors (Lipinski definition) is 1. The molecule has 20 heavy (non-hydrogen) atoms. The first-order valence-corrected chi connectivity index (χ1v) is 7.11. The zero-order chi connectivity index (χ0) is 14.5. The van der Waals surface area contributed by atoms with E-state index in [1.165, 1.54) is 11.8 Å². The summed E-state index contributed by atoms with van der Waals surface area (Å²) in [5.74, 6) is 1.19. The second-order valence-electron chi connectivity index (χ2n) is 4.39. The highest BCUT2D eigenvalue weighted by atomic mass is 32.2. The van der Waals surface area contributed by atoms with Crippen LogP contribution >= 0.6 is 11.8 Å². The second-order valence-corrected chi connectivity index (χ2v) is 5.32. The molecule has 0 fully saturated rings. The molecule has 0 unspecified atom stereocenters. The summed E-state index contributed by atoms with van der Waals surface area (Å²) in [5.41, 5.74) is 0. The van der Waals surface area contributed by atoms with Gasteiger partial charge in [0.2, 0.25) is 17.1 Å². The van der Waals surface area contributed by atoms with Crippen LogP contribution in [0.15, 0.2) is 16.6 Å². The summed E-state index contributed by atoms with van der Waals surface area (Å²) in [6.07, 6.45) is 2.65. The van der Waals surface area contributed by atoms with Crippen LogP contribution in [0.2, 0.25) is 0 Å². The maximum absolute atomic E-state index is 4.40. The lowest BCUT2D eigenvalue weighted by Crippen LogP contribution is -2.16. The molecule has 2 aromatic rings. The predicted molar refractivity (Wildman–Crippen MR) is 78.1 cm³/mol. The zero-order valence-corrected chi connectivity index (χ0v) is 12.8. The number of rotatable bonds is 6. The van der Waals surface area contributed by atoms with Gasteiger partial charge in [0.15, 0.2) is 5.16 Å². The molecule has 8 nitrogen and oxygen atoms in total. The molecule has 108 valence electrons. The molecule has 2 rings (SSSR count). The normalized spacial score (nSPS) is 10.6. The van der Waals surface area contributed by atoms with Crippen LogP contribution in [-0.4, -0.2) is 50.4 Å². The summed E-state index contributed by atoms with van der Waals surface area (Å²) in [5, 5.41) is 12.4. The first kappa shape index (κ1) is 14.5. The number of aromatic nitrogens is 6. The van der Waals surface area contributed by atoms with Crippen molar-refractivity contribution in [3.63, 3.8) is 0 Å². The van der Waals surface area contributed by atoms with E-state index in [1.54, 1.807) is 6.33 Å². The molecular formula is C11H18N8S. The van der Waals surface area contributed by atoms with Gasteiger partial charge in [-0.05, 0) is 18.2 Å². The lowest BCUT2D eigenvalue weighted by atomic mass is 10.5. The van der Waals surface area contributed by atoms with Gasteiger partial charge in [-0.3, -0.25) is 0 Å². The summed E-state index contributed by atoms with van der Waals surface area (Å²) in [7, 11) is 5.68. The second kappa shape index (κ2) is 6.51. The maximum atomic E-state index is 4.40. The standard InChI is InChI=1S/C11H18N8S/c1-5-6-12-8-14-9(18(2)3)16-10(15-8)20-11-17-13-7-19(11)4/h7H,5-6H2,1-4H3,(H,12,14,15,16). The van der Waals surface area contributed by atoms with Gasteiger partial charge < -0.3 is 14.8 Å². The van der Waals surface area contributed by atoms with Gasteiger partial charge in [-0.25, -0.2) is 0 Å². The molecule has 2 aromatic heterocycles. The van der Waals surface area contributed by atoms with E-state index in [4.69, 9.17) is 0 Å². The van der Waals surface area contributed by atoms with Crippen molar-refractivity contribution in [2.45, 2.75) is 23.7 Å². The highest BCUT2D eigenvalue weighted by Crippen LogP contribution is 2.23. The molecule has 0 atom stereocenters. The number of nitrogens with zero attached hydrogens (tertiary/aromatic N) is 7. The summed E-state index contributed by atoms with van der Waals surface area (Å²) in [4.78, 5) is 15.0. The van der Waals surface area contributed by atoms with Crippen LogP contribution in [-0.2, 0) is 7.05 Å². The fourth-order valence-electron chi connectivity index (χ4n) is 1.35. The van der Waals surface area contributed by atoms with Gasteiger partial charge in [0.05, 0.1) is 0 Å². The minimum atomic E-state index is 0.579. The van der Waals surface area contributed by atoms with Crippen molar-refractivity contribution < 1.29 is 0 Å². The number of aryl methyl sites for hydroxylation is 1. The smallest absolute Gasteiger partial charge is 0.230 e. The molecule has 0 spiro atoms. The maximum Gasteiger partial charge on any atom is 0.230 e. The monoisotopic (exact) mass is 294 g/mol. The number of nitrogens with one attached hydrogen (secondary N) is 1. The topological polar surface area (TPSA) is 84.7 Å². The minimum absolute atomic E-state index is 0.579. The van der Waals surface area contributed by atoms with Gasteiger partial charge in [-0.2, -0.15) is 15.0 Å². The van der Waals surface area contributed by atoms with E-state index in [9.17, 15) is 0 Å². The fraction of sp³-hybridized carbons (Fsp3) is 0.545. The molecular weight excluding hydrogens is 276 g/mol. The molecule has 0 aliphatic rings. The van der Waals surface area contributed by atoms with Gasteiger partial charge in [0, 0.05) is 27.7 Å². The van der Waals surface area contributed by atoms with Crippen LogP contribution < -0.4 is 10.2 Å². The highest BCUT2D eigenvalue weighted by Gasteiger charge is 2.11.